The molecule has 0 radical (unpaired) electrons. The van der Waals surface area contributed by atoms with E-state index in [4.69, 9.17) is 21.9 Å². The largest absolute Gasteiger partial charge is 0.368 e. The summed E-state index contributed by atoms with van der Waals surface area (Å²) in [5, 5.41) is 4.26. The smallest absolute Gasteiger partial charge is 0.222 e. The van der Waals surface area contributed by atoms with Crippen molar-refractivity contribution in [3.8, 4) is 11.3 Å². The fourth-order valence-corrected chi connectivity index (χ4v) is 1.23. The fourth-order valence-electron chi connectivity index (χ4n) is 1.12. The SMILES string of the molecule is Cc1cc(-c2cc(N)on2)cnc1Cl. The highest BCUT2D eigenvalue weighted by atomic mass is 35.5. The van der Waals surface area contributed by atoms with Crippen molar-refractivity contribution in [2.24, 2.45) is 0 Å². The van der Waals surface area contributed by atoms with E-state index < -0.39 is 0 Å². The first-order chi connectivity index (χ1) is 6.66. The van der Waals surface area contributed by atoms with Gasteiger partial charge in [0, 0.05) is 17.8 Å². The highest BCUT2D eigenvalue weighted by Gasteiger charge is 2.06. The third kappa shape index (κ3) is 1.56. The molecule has 0 saturated carbocycles. The molecular weight excluding hydrogens is 202 g/mol. The summed E-state index contributed by atoms with van der Waals surface area (Å²) >= 11 is 5.79. The number of aromatic nitrogens is 2. The van der Waals surface area contributed by atoms with Gasteiger partial charge in [-0.3, -0.25) is 0 Å². The first-order valence-corrected chi connectivity index (χ1v) is 4.39. The molecule has 0 aliphatic rings. The monoisotopic (exact) mass is 209 g/mol. The Labute approximate surface area is 85.7 Å². The van der Waals surface area contributed by atoms with Crippen molar-refractivity contribution in [2.75, 3.05) is 5.73 Å². The van der Waals surface area contributed by atoms with E-state index in [1.54, 1.807) is 12.3 Å². The minimum atomic E-state index is 0.285. The van der Waals surface area contributed by atoms with E-state index in [2.05, 4.69) is 10.1 Å². The molecule has 0 spiro atoms. The van der Waals surface area contributed by atoms with Gasteiger partial charge in [0.15, 0.2) is 0 Å². The molecule has 0 aliphatic carbocycles. The van der Waals surface area contributed by atoms with Gasteiger partial charge in [0.1, 0.15) is 10.8 Å². The second-order valence-electron chi connectivity index (χ2n) is 2.95. The van der Waals surface area contributed by atoms with Crippen LogP contribution in [0.15, 0.2) is 22.9 Å². The molecule has 4 nitrogen and oxygen atoms in total. The normalized spacial score (nSPS) is 10.4. The molecule has 2 heterocycles. The molecule has 2 N–H and O–H groups in total. The van der Waals surface area contributed by atoms with Gasteiger partial charge < -0.3 is 10.3 Å². The van der Waals surface area contributed by atoms with Gasteiger partial charge in [-0.1, -0.05) is 16.8 Å². The van der Waals surface area contributed by atoms with E-state index in [1.165, 1.54) is 0 Å². The zero-order valence-corrected chi connectivity index (χ0v) is 8.25. The van der Waals surface area contributed by atoms with Crippen LogP contribution in [0, 0.1) is 6.92 Å². The number of nitrogen functional groups attached to an aromatic ring is 1. The third-order valence-electron chi connectivity index (χ3n) is 1.84. The number of anilines is 1. The lowest BCUT2D eigenvalue weighted by Gasteiger charge is -1.98. The maximum atomic E-state index is 5.79. The molecule has 14 heavy (non-hydrogen) atoms. The molecule has 0 saturated heterocycles. The van der Waals surface area contributed by atoms with Crippen molar-refractivity contribution in [1.82, 2.24) is 10.1 Å². The molecule has 0 atom stereocenters. The second-order valence-corrected chi connectivity index (χ2v) is 3.30. The summed E-state index contributed by atoms with van der Waals surface area (Å²) in [6.07, 6.45) is 1.63. The van der Waals surface area contributed by atoms with Crippen molar-refractivity contribution in [3.05, 3.63) is 29.0 Å². The first-order valence-electron chi connectivity index (χ1n) is 4.01. The van der Waals surface area contributed by atoms with E-state index in [0.29, 0.717) is 10.8 Å². The first kappa shape index (κ1) is 9.02. The minimum Gasteiger partial charge on any atom is -0.368 e. The number of hydrogen-bond donors (Lipinski definition) is 1. The Balaban J connectivity index is 2.47. The van der Waals surface area contributed by atoms with Gasteiger partial charge >= 0.3 is 0 Å². The molecule has 72 valence electrons. The van der Waals surface area contributed by atoms with Crippen LogP contribution in [-0.4, -0.2) is 10.1 Å². The van der Waals surface area contributed by atoms with Gasteiger partial charge in [-0.05, 0) is 18.6 Å². The van der Waals surface area contributed by atoms with Gasteiger partial charge in [0.05, 0.1) is 0 Å². The predicted octanol–water partition coefficient (Wildman–Crippen LogP) is 2.28. The predicted molar refractivity (Wildman–Crippen MR) is 53.9 cm³/mol. The Morgan fingerprint density at radius 3 is 2.79 bits per heavy atom. The van der Waals surface area contributed by atoms with Gasteiger partial charge in [-0.2, -0.15) is 0 Å². The van der Waals surface area contributed by atoms with Crippen LogP contribution in [0.2, 0.25) is 5.15 Å². The van der Waals surface area contributed by atoms with Crippen molar-refractivity contribution >= 4 is 17.5 Å². The lowest BCUT2D eigenvalue weighted by Crippen LogP contribution is -1.84. The molecule has 2 aromatic rings. The van der Waals surface area contributed by atoms with Gasteiger partial charge in [0.25, 0.3) is 0 Å². The molecule has 0 unspecified atom stereocenters. The molecule has 0 amide bonds. The van der Waals surface area contributed by atoms with Crippen LogP contribution in [0.3, 0.4) is 0 Å². The Morgan fingerprint density at radius 1 is 1.43 bits per heavy atom. The molecular formula is C9H8ClN3O. The number of rotatable bonds is 1. The molecule has 0 bridgehead atoms. The summed E-state index contributed by atoms with van der Waals surface area (Å²) in [7, 11) is 0. The van der Waals surface area contributed by atoms with E-state index >= 15 is 0 Å². The third-order valence-corrected chi connectivity index (χ3v) is 2.23. The molecule has 2 aromatic heterocycles. The summed E-state index contributed by atoms with van der Waals surface area (Å²) in [4.78, 5) is 4.01. The molecule has 0 aromatic carbocycles. The molecule has 2 rings (SSSR count). The van der Waals surface area contributed by atoms with Crippen molar-refractivity contribution in [1.29, 1.82) is 0 Å². The molecule has 0 aliphatic heterocycles. The van der Waals surface area contributed by atoms with Crippen molar-refractivity contribution in [3.63, 3.8) is 0 Å². The van der Waals surface area contributed by atoms with Crippen LogP contribution in [0.4, 0.5) is 5.88 Å². The van der Waals surface area contributed by atoms with Crippen LogP contribution < -0.4 is 5.73 Å². The topological polar surface area (TPSA) is 64.9 Å². The van der Waals surface area contributed by atoms with E-state index in [-0.39, 0.29) is 5.88 Å². The van der Waals surface area contributed by atoms with Gasteiger partial charge in [-0.15, -0.1) is 0 Å². The van der Waals surface area contributed by atoms with Gasteiger partial charge in [-0.25, -0.2) is 4.98 Å². The zero-order chi connectivity index (χ0) is 10.1. The average Bonchev–Trinajstić information content (AvgIpc) is 2.57. The average molecular weight is 210 g/mol. The Kier molecular flexibility index (Phi) is 2.13. The van der Waals surface area contributed by atoms with E-state index in [0.717, 1.165) is 11.1 Å². The van der Waals surface area contributed by atoms with Crippen molar-refractivity contribution < 1.29 is 4.52 Å². The quantitative estimate of drug-likeness (QED) is 0.732. The van der Waals surface area contributed by atoms with Crippen molar-refractivity contribution in [2.45, 2.75) is 6.92 Å². The maximum Gasteiger partial charge on any atom is 0.222 e. The highest BCUT2D eigenvalue weighted by Crippen LogP contribution is 2.22. The van der Waals surface area contributed by atoms with Crippen LogP contribution in [-0.2, 0) is 0 Å². The minimum absolute atomic E-state index is 0.285. The standard InChI is InChI=1S/C9H8ClN3O/c1-5-2-6(4-12-9(5)10)7-3-8(11)14-13-7/h2-4H,11H2,1H3. The lowest BCUT2D eigenvalue weighted by molar-refractivity contribution is 0.439. The van der Waals surface area contributed by atoms with E-state index in [1.807, 2.05) is 13.0 Å². The van der Waals surface area contributed by atoms with Gasteiger partial charge in [0.2, 0.25) is 5.88 Å². The van der Waals surface area contributed by atoms with E-state index in [9.17, 15) is 0 Å². The summed E-state index contributed by atoms with van der Waals surface area (Å²) in [5.74, 6) is 0.285. The highest BCUT2D eigenvalue weighted by molar-refractivity contribution is 6.30. The second kappa shape index (κ2) is 3.31. The fraction of sp³-hybridized carbons (Fsp3) is 0.111. The number of aryl methyl sites for hydroxylation is 1. The van der Waals surface area contributed by atoms with Crippen LogP contribution in [0.1, 0.15) is 5.56 Å². The Hall–Kier alpha value is -1.55. The summed E-state index contributed by atoms with van der Waals surface area (Å²) < 4.78 is 4.76. The van der Waals surface area contributed by atoms with Crippen LogP contribution in [0.25, 0.3) is 11.3 Å². The van der Waals surface area contributed by atoms with Crippen LogP contribution >= 0.6 is 11.6 Å². The Bertz CT molecular complexity index is 467. The number of pyridine rings is 1. The Morgan fingerprint density at radius 2 is 2.21 bits per heavy atom. The zero-order valence-electron chi connectivity index (χ0n) is 7.49. The van der Waals surface area contributed by atoms with Crippen LogP contribution in [0.5, 0.6) is 0 Å². The maximum absolute atomic E-state index is 5.79. The summed E-state index contributed by atoms with van der Waals surface area (Å²) in [6.45, 7) is 1.88. The number of halogens is 1. The number of nitrogens with zero attached hydrogens (tertiary/aromatic N) is 2. The number of nitrogens with two attached hydrogens (primary N) is 1. The summed E-state index contributed by atoms with van der Waals surface area (Å²) in [6, 6.07) is 3.52. The lowest BCUT2D eigenvalue weighted by atomic mass is 10.2. The molecule has 0 fully saturated rings. The summed E-state index contributed by atoms with van der Waals surface area (Å²) in [5.41, 5.74) is 7.80. The molecule has 5 heteroatoms. The number of hydrogen-bond acceptors (Lipinski definition) is 4.